The second kappa shape index (κ2) is 10.3. The summed E-state index contributed by atoms with van der Waals surface area (Å²) in [6.45, 7) is 7.14. The molecule has 1 aliphatic carbocycles. The van der Waals surface area contributed by atoms with Gasteiger partial charge in [-0.1, -0.05) is 30.7 Å². The summed E-state index contributed by atoms with van der Waals surface area (Å²) in [6, 6.07) is 9.13. The molecule has 6 nitrogen and oxygen atoms in total. The van der Waals surface area contributed by atoms with Gasteiger partial charge in [0.05, 0.1) is 13.1 Å². The van der Waals surface area contributed by atoms with Crippen LogP contribution in [0.4, 0.5) is 0 Å². The smallest absolute Gasteiger partial charge is 0.239 e. The molecule has 1 amide bonds. The summed E-state index contributed by atoms with van der Waals surface area (Å²) < 4.78 is 0. The second-order valence-corrected chi connectivity index (χ2v) is 7.54. The fourth-order valence-electron chi connectivity index (χ4n) is 3.31. The highest BCUT2D eigenvalue weighted by atomic mass is 16.2. The summed E-state index contributed by atoms with van der Waals surface area (Å²) in [4.78, 5) is 19.0. The minimum atomic E-state index is 0.0326. The number of carbonyl (C=O) groups excluding carboxylic acids is 1. The van der Waals surface area contributed by atoms with Crippen LogP contribution in [0.3, 0.4) is 0 Å². The Hall–Kier alpha value is -2.08. The van der Waals surface area contributed by atoms with E-state index in [1.807, 2.05) is 6.92 Å². The lowest BCUT2D eigenvalue weighted by atomic mass is 10.1. The number of nitrogens with one attached hydrogen (secondary N) is 3. The molecular weight excluding hydrogens is 338 g/mol. The molecule has 3 N–H and O–H groups in total. The van der Waals surface area contributed by atoms with E-state index in [-0.39, 0.29) is 12.5 Å². The number of likely N-dealkylation sites (tertiary alicyclic amines) is 1. The molecule has 1 saturated carbocycles. The maximum atomic E-state index is 11.8. The average molecular weight is 372 g/mol. The molecule has 6 heteroatoms. The number of rotatable bonds is 8. The maximum absolute atomic E-state index is 11.8. The highest BCUT2D eigenvalue weighted by Gasteiger charge is 2.22. The van der Waals surface area contributed by atoms with Gasteiger partial charge in [-0.25, -0.2) is 4.99 Å². The number of nitrogens with zero attached hydrogens (tertiary/aromatic N) is 2. The molecular formula is C21H33N5O. The summed E-state index contributed by atoms with van der Waals surface area (Å²) in [7, 11) is 0. The Labute approximate surface area is 162 Å². The molecule has 1 aromatic carbocycles. The topological polar surface area (TPSA) is 68.8 Å². The first-order valence-corrected chi connectivity index (χ1v) is 10.3. The van der Waals surface area contributed by atoms with E-state index in [2.05, 4.69) is 50.1 Å². The number of piperidine rings is 1. The number of aliphatic imine (C=N–C) groups is 1. The predicted molar refractivity (Wildman–Crippen MR) is 110 cm³/mol. The van der Waals surface area contributed by atoms with Crippen LogP contribution in [0.25, 0.3) is 0 Å². The third-order valence-electron chi connectivity index (χ3n) is 5.00. The van der Waals surface area contributed by atoms with E-state index in [0.717, 1.165) is 25.9 Å². The van der Waals surface area contributed by atoms with E-state index < -0.39 is 0 Å². The molecule has 2 fully saturated rings. The van der Waals surface area contributed by atoms with Crippen molar-refractivity contribution >= 4 is 11.9 Å². The number of guanidine groups is 1. The van der Waals surface area contributed by atoms with Crippen molar-refractivity contribution in [2.24, 2.45) is 4.99 Å². The van der Waals surface area contributed by atoms with E-state index in [0.29, 0.717) is 18.5 Å². The monoisotopic (exact) mass is 371 g/mol. The maximum Gasteiger partial charge on any atom is 0.239 e. The van der Waals surface area contributed by atoms with Crippen molar-refractivity contribution in [3.63, 3.8) is 0 Å². The minimum absolute atomic E-state index is 0.0326. The largest absolute Gasteiger partial charge is 0.357 e. The van der Waals surface area contributed by atoms with Crippen molar-refractivity contribution in [2.75, 3.05) is 26.2 Å². The van der Waals surface area contributed by atoms with Crippen molar-refractivity contribution in [3.8, 4) is 0 Å². The van der Waals surface area contributed by atoms with Crippen LogP contribution in [0.15, 0.2) is 29.3 Å². The van der Waals surface area contributed by atoms with Crippen LogP contribution >= 0.6 is 0 Å². The van der Waals surface area contributed by atoms with Crippen LogP contribution in [0.5, 0.6) is 0 Å². The molecule has 0 spiro atoms. The molecule has 27 heavy (non-hydrogen) atoms. The normalized spacial score (nSPS) is 18.2. The Balaban J connectivity index is 1.46. The second-order valence-electron chi connectivity index (χ2n) is 7.54. The fourth-order valence-corrected chi connectivity index (χ4v) is 3.31. The first-order valence-electron chi connectivity index (χ1n) is 10.3. The van der Waals surface area contributed by atoms with Gasteiger partial charge in [0.2, 0.25) is 5.91 Å². The van der Waals surface area contributed by atoms with Crippen LogP contribution < -0.4 is 16.0 Å². The standard InChI is InChI=1S/C21H33N5O/c1-2-22-21(24-15-20(27)25-19-10-11-19)23-14-17-6-8-18(9-7-17)16-26-12-4-3-5-13-26/h6-9,19H,2-5,10-16H2,1H3,(H,25,27)(H2,22,23,24). The first-order chi connectivity index (χ1) is 13.2. The van der Waals surface area contributed by atoms with Crippen molar-refractivity contribution < 1.29 is 4.79 Å². The highest BCUT2D eigenvalue weighted by Crippen LogP contribution is 2.18. The fraction of sp³-hybridized carbons (Fsp3) is 0.619. The zero-order valence-electron chi connectivity index (χ0n) is 16.5. The van der Waals surface area contributed by atoms with Gasteiger partial charge in [0.25, 0.3) is 0 Å². The summed E-state index contributed by atoms with van der Waals surface area (Å²) in [5, 5.41) is 9.28. The van der Waals surface area contributed by atoms with Gasteiger partial charge in [-0.15, -0.1) is 0 Å². The third kappa shape index (κ3) is 7.21. The lowest BCUT2D eigenvalue weighted by Gasteiger charge is -2.26. The number of amides is 1. The zero-order valence-corrected chi connectivity index (χ0v) is 16.5. The van der Waals surface area contributed by atoms with E-state index >= 15 is 0 Å². The van der Waals surface area contributed by atoms with E-state index in [9.17, 15) is 4.79 Å². The van der Waals surface area contributed by atoms with E-state index in [4.69, 9.17) is 0 Å². The van der Waals surface area contributed by atoms with Gasteiger partial charge >= 0.3 is 0 Å². The van der Waals surface area contributed by atoms with Crippen molar-refractivity contribution in [3.05, 3.63) is 35.4 Å². The summed E-state index contributed by atoms with van der Waals surface area (Å²) in [5.41, 5.74) is 2.54. The molecule has 0 aromatic heterocycles. The molecule has 1 aliphatic heterocycles. The Bertz CT molecular complexity index is 618. The molecule has 3 rings (SSSR count). The number of hydrogen-bond acceptors (Lipinski definition) is 3. The summed E-state index contributed by atoms with van der Waals surface area (Å²) in [6.07, 6.45) is 6.23. The van der Waals surface area contributed by atoms with Crippen LogP contribution in [0.1, 0.15) is 50.2 Å². The molecule has 1 aromatic rings. The average Bonchev–Trinajstić information content (AvgIpc) is 3.50. The lowest BCUT2D eigenvalue weighted by molar-refractivity contribution is -0.120. The number of benzene rings is 1. The summed E-state index contributed by atoms with van der Waals surface area (Å²) >= 11 is 0. The molecule has 0 unspecified atom stereocenters. The predicted octanol–water partition coefficient (Wildman–Crippen LogP) is 2.01. The van der Waals surface area contributed by atoms with Crippen LogP contribution in [-0.2, 0) is 17.9 Å². The Morgan fingerprint density at radius 2 is 1.78 bits per heavy atom. The Morgan fingerprint density at radius 1 is 1.07 bits per heavy atom. The molecule has 148 valence electrons. The van der Waals surface area contributed by atoms with Crippen LogP contribution in [0.2, 0.25) is 0 Å². The van der Waals surface area contributed by atoms with E-state index in [1.165, 1.54) is 43.5 Å². The van der Waals surface area contributed by atoms with Crippen LogP contribution in [0, 0.1) is 0 Å². The SMILES string of the molecule is CCNC(=NCc1ccc(CN2CCCCC2)cc1)NCC(=O)NC1CC1. The number of carbonyl (C=O) groups is 1. The van der Waals surface area contributed by atoms with Crippen molar-refractivity contribution in [1.82, 2.24) is 20.9 Å². The lowest BCUT2D eigenvalue weighted by Crippen LogP contribution is -2.43. The first kappa shape index (κ1) is 19.7. The van der Waals surface area contributed by atoms with Crippen LogP contribution in [-0.4, -0.2) is 49.0 Å². The van der Waals surface area contributed by atoms with Crippen molar-refractivity contribution in [2.45, 2.75) is 58.2 Å². The molecule has 1 saturated heterocycles. The molecule has 1 heterocycles. The Kier molecular flexibility index (Phi) is 7.51. The zero-order chi connectivity index (χ0) is 18.9. The highest BCUT2D eigenvalue weighted by molar-refractivity contribution is 5.86. The van der Waals surface area contributed by atoms with Gasteiger partial charge < -0.3 is 16.0 Å². The molecule has 0 radical (unpaired) electrons. The third-order valence-corrected chi connectivity index (χ3v) is 5.00. The number of hydrogen-bond donors (Lipinski definition) is 3. The van der Waals surface area contributed by atoms with Gasteiger partial charge in [-0.3, -0.25) is 9.69 Å². The van der Waals surface area contributed by atoms with Crippen molar-refractivity contribution in [1.29, 1.82) is 0 Å². The molecule has 2 aliphatic rings. The minimum Gasteiger partial charge on any atom is -0.357 e. The van der Waals surface area contributed by atoms with Gasteiger partial charge in [0.1, 0.15) is 0 Å². The van der Waals surface area contributed by atoms with Gasteiger partial charge in [-0.2, -0.15) is 0 Å². The molecule has 0 bridgehead atoms. The van der Waals surface area contributed by atoms with E-state index in [1.54, 1.807) is 0 Å². The van der Waals surface area contributed by atoms with Gasteiger partial charge in [0, 0.05) is 19.1 Å². The Morgan fingerprint density at radius 3 is 2.44 bits per heavy atom. The summed E-state index contributed by atoms with van der Waals surface area (Å²) in [5.74, 6) is 0.714. The quantitative estimate of drug-likeness (QED) is 0.483. The molecule has 0 atom stereocenters. The van der Waals surface area contributed by atoms with Gasteiger partial charge in [0.15, 0.2) is 5.96 Å². The van der Waals surface area contributed by atoms with Gasteiger partial charge in [-0.05, 0) is 56.8 Å².